The number of rotatable bonds is 8. The van der Waals surface area contributed by atoms with E-state index in [-0.39, 0.29) is 12.5 Å². The Morgan fingerprint density at radius 1 is 1.09 bits per heavy atom. The number of amides is 1. The van der Waals surface area contributed by atoms with Crippen LogP contribution in [0.3, 0.4) is 0 Å². The molecular weight excluding hydrogens is 280 g/mol. The molecule has 2 aromatic rings. The van der Waals surface area contributed by atoms with E-state index in [4.69, 9.17) is 9.47 Å². The Balaban J connectivity index is 1.74. The summed E-state index contributed by atoms with van der Waals surface area (Å²) < 4.78 is 10.9. The van der Waals surface area contributed by atoms with Crippen LogP contribution in [0.4, 0.5) is 0 Å². The van der Waals surface area contributed by atoms with Crippen molar-refractivity contribution in [2.75, 3.05) is 19.8 Å². The zero-order valence-electron chi connectivity index (χ0n) is 12.6. The molecule has 0 aliphatic carbocycles. The third-order valence-electron chi connectivity index (χ3n) is 2.94. The van der Waals surface area contributed by atoms with E-state index in [9.17, 15) is 4.79 Å². The lowest BCUT2D eigenvalue weighted by Gasteiger charge is -2.11. The average molecular weight is 300 g/mol. The lowest BCUT2D eigenvalue weighted by Crippen LogP contribution is -2.30. The second-order valence-corrected chi connectivity index (χ2v) is 4.59. The quantitative estimate of drug-likeness (QED) is 0.812. The van der Waals surface area contributed by atoms with Crippen LogP contribution in [0.2, 0.25) is 0 Å². The SMILES string of the molecule is CCOc1ccccc1OCC(=O)NCCc1ccccn1. The standard InChI is InChI=1S/C17H20N2O3/c1-2-21-15-8-3-4-9-16(15)22-13-17(20)19-12-10-14-7-5-6-11-18-14/h3-9,11H,2,10,12-13H2,1H3,(H,19,20). The highest BCUT2D eigenvalue weighted by Gasteiger charge is 2.07. The van der Waals surface area contributed by atoms with Gasteiger partial charge >= 0.3 is 0 Å². The number of nitrogens with one attached hydrogen (secondary N) is 1. The lowest BCUT2D eigenvalue weighted by atomic mass is 10.3. The number of benzene rings is 1. The number of ether oxygens (including phenoxy) is 2. The van der Waals surface area contributed by atoms with Gasteiger partial charge in [-0.15, -0.1) is 0 Å². The molecule has 0 aliphatic rings. The van der Waals surface area contributed by atoms with Crippen molar-refractivity contribution >= 4 is 5.91 Å². The molecule has 1 heterocycles. The van der Waals surface area contributed by atoms with Crippen molar-refractivity contribution in [1.82, 2.24) is 10.3 Å². The summed E-state index contributed by atoms with van der Waals surface area (Å²) in [6.07, 6.45) is 2.44. The van der Waals surface area contributed by atoms with E-state index in [2.05, 4.69) is 10.3 Å². The van der Waals surface area contributed by atoms with Crippen LogP contribution in [-0.4, -0.2) is 30.6 Å². The molecule has 1 amide bonds. The summed E-state index contributed by atoms with van der Waals surface area (Å²) >= 11 is 0. The van der Waals surface area contributed by atoms with E-state index >= 15 is 0 Å². The van der Waals surface area contributed by atoms with Crippen molar-refractivity contribution in [1.29, 1.82) is 0 Å². The fraction of sp³-hybridized carbons (Fsp3) is 0.294. The smallest absolute Gasteiger partial charge is 0.257 e. The highest BCUT2D eigenvalue weighted by Crippen LogP contribution is 2.26. The van der Waals surface area contributed by atoms with Crippen molar-refractivity contribution in [2.24, 2.45) is 0 Å². The fourth-order valence-corrected chi connectivity index (χ4v) is 1.91. The summed E-state index contributed by atoms with van der Waals surface area (Å²) in [5.74, 6) is 1.05. The first-order chi connectivity index (χ1) is 10.8. The Labute approximate surface area is 130 Å². The van der Waals surface area contributed by atoms with Crippen molar-refractivity contribution in [3.8, 4) is 11.5 Å². The van der Waals surface area contributed by atoms with Crippen LogP contribution in [0.25, 0.3) is 0 Å². The number of aromatic nitrogens is 1. The molecule has 0 aliphatic heterocycles. The van der Waals surface area contributed by atoms with Crippen molar-refractivity contribution in [3.63, 3.8) is 0 Å². The van der Waals surface area contributed by atoms with Gasteiger partial charge in [-0.25, -0.2) is 0 Å². The molecular formula is C17H20N2O3. The maximum Gasteiger partial charge on any atom is 0.257 e. The largest absolute Gasteiger partial charge is 0.490 e. The summed E-state index contributed by atoms with van der Waals surface area (Å²) in [6.45, 7) is 2.95. The van der Waals surface area contributed by atoms with Crippen molar-refractivity contribution in [3.05, 3.63) is 54.4 Å². The molecule has 5 heteroatoms. The third kappa shape index (κ3) is 5.09. The van der Waals surface area contributed by atoms with Gasteiger partial charge < -0.3 is 14.8 Å². The van der Waals surface area contributed by atoms with Crippen LogP contribution in [0.15, 0.2) is 48.7 Å². The lowest BCUT2D eigenvalue weighted by molar-refractivity contribution is -0.123. The minimum Gasteiger partial charge on any atom is -0.490 e. The third-order valence-corrected chi connectivity index (χ3v) is 2.94. The van der Waals surface area contributed by atoms with Crippen molar-refractivity contribution in [2.45, 2.75) is 13.3 Å². The number of hydrogen-bond donors (Lipinski definition) is 1. The predicted molar refractivity (Wildman–Crippen MR) is 84.1 cm³/mol. The normalized spacial score (nSPS) is 10.0. The summed E-state index contributed by atoms with van der Waals surface area (Å²) in [6, 6.07) is 13.0. The van der Waals surface area contributed by atoms with E-state index in [1.807, 2.05) is 43.3 Å². The molecule has 1 aromatic heterocycles. The van der Waals surface area contributed by atoms with E-state index in [0.29, 0.717) is 31.1 Å². The van der Waals surface area contributed by atoms with Gasteiger partial charge in [0.05, 0.1) is 6.61 Å². The van der Waals surface area contributed by atoms with Gasteiger partial charge in [0.1, 0.15) is 0 Å². The first-order valence-corrected chi connectivity index (χ1v) is 7.31. The van der Waals surface area contributed by atoms with E-state index in [1.165, 1.54) is 0 Å². The van der Waals surface area contributed by atoms with Crippen LogP contribution < -0.4 is 14.8 Å². The molecule has 5 nitrogen and oxygen atoms in total. The maximum absolute atomic E-state index is 11.8. The maximum atomic E-state index is 11.8. The van der Waals surface area contributed by atoms with E-state index in [1.54, 1.807) is 12.3 Å². The zero-order chi connectivity index (χ0) is 15.6. The van der Waals surface area contributed by atoms with Gasteiger partial charge in [0.15, 0.2) is 18.1 Å². The van der Waals surface area contributed by atoms with Gasteiger partial charge in [-0.3, -0.25) is 9.78 Å². The Kier molecular flexibility index (Phi) is 6.23. The molecule has 0 fully saturated rings. The van der Waals surface area contributed by atoms with Crippen LogP contribution in [0.1, 0.15) is 12.6 Å². The van der Waals surface area contributed by atoms with Gasteiger partial charge in [0.25, 0.3) is 5.91 Å². The minimum atomic E-state index is -0.165. The summed E-state index contributed by atoms with van der Waals surface area (Å²) in [5.41, 5.74) is 0.949. The molecule has 0 bridgehead atoms. The molecule has 116 valence electrons. The minimum absolute atomic E-state index is 0.0354. The van der Waals surface area contributed by atoms with Crippen LogP contribution in [-0.2, 0) is 11.2 Å². The molecule has 2 rings (SSSR count). The number of nitrogens with zero attached hydrogens (tertiary/aromatic N) is 1. The Hall–Kier alpha value is -2.56. The number of carbonyl (C=O) groups is 1. The fourth-order valence-electron chi connectivity index (χ4n) is 1.91. The van der Waals surface area contributed by atoms with Crippen molar-refractivity contribution < 1.29 is 14.3 Å². The molecule has 0 atom stereocenters. The molecule has 0 unspecified atom stereocenters. The number of pyridine rings is 1. The molecule has 1 aromatic carbocycles. The van der Waals surface area contributed by atoms with E-state index < -0.39 is 0 Å². The molecule has 0 saturated carbocycles. The average Bonchev–Trinajstić information content (AvgIpc) is 2.55. The summed E-state index contributed by atoms with van der Waals surface area (Å²) in [5, 5.41) is 2.81. The summed E-state index contributed by atoms with van der Waals surface area (Å²) in [7, 11) is 0. The first kappa shape index (κ1) is 15.8. The van der Waals surface area contributed by atoms with Crippen LogP contribution in [0, 0.1) is 0 Å². The van der Waals surface area contributed by atoms with E-state index in [0.717, 1.165) is 5.69 Å². The first-order valence-electron chi connectivity index (χ1n) is 7.31. The Morgan fingerprint density at radius 3 is 2.50 bits per heavy atom. The van der Waals surface area contributed by atoms with Crippen LogP contribution in [0.5, 0.6) is 11.5 Å². The highest BCUT2D eigenvalue weighted by molar-refractivity contribution is 5.77. The molecule has 0 radical (unpaired) electrons. The van der Waals surface area contributed by atoms with Gasteiger partial charge in [-0.05, 0) is 31.2 Å². The molecule has 22 heavy (non-hydrogen) atoms. The van der Waals surface area contributed by atoms with Gasteiger partial charge in [-0.2, -0.15) is 0 Å². The monoisotopic (exact) mass is 300 g/mol. The zero-order valence-corrected chi connectivity index (χ0v) is 12.6. The second kappa shape index (κ2) is 8.67. The number of para-hydroxylation sites is 2. The molecule has 0 spiro atoms. The Bertz CT molecular complexity index is 587. The van der Waals surface area contributed by atoms with Crippen LogP contribution >= 0.6 is 0 Å². The predicted octanol–water partition coefficient (Wildman–Crippen LogP) is 2.22. The Morgan fingerprint density at radius 2 is 1.82 bits per heavy atom. The molecule has 0 saturated heterocycles. The van der Waals surface area contributed by atoms with Gasteiger partial charge in [-0.1, -0.05) is 18.2 Å². The highest BCUT2D eigenvalue weighted by atomic mass is 16.5. The number of hydrogen-bond acceptors (Lipinski definition) is 4. The van der Waals surface area contributed by atoms with Gasteiger partial charge in [0, 0.05) is 24.9 Å². The number of carbonyl (C=O) groups excluding carboxylic acids is 1. The second-order valence-electron chi connectivity index (χ2n) is 4.59. The molecule has 1 N–H and O–H groups in total. The van der Waals surface area contributed by atoms with Gasteiger partial charge in [0.2, 0.25) is 0 Å². The topological polar surface area (TPSA) is 60.5 Å². The summed E-state index contributed by atoms with van der Waals surface area (Å²) in [4.78, 5) is 16.0.